The molecule has 150 valence electrons. The summed E-state index contributed by atoms with van der Waals surface area (Å²) < 4.78 is 6.81. The maximum Gasteiger partial charge on any atom is 0.331 e. The molecule has 0 saturated heterocycles. The number of H-pyrrole nitrogens is 1. The first-order valence-corrected chi connectivity index (χ1v) is 9.47. The van der Waals surface area contributed by atoms with Crippen molar-refractivity contribution in [3.8, 4) is 11.6 Å². The summed E-state index contributed by atoms with van der Waals surface area (Å²) in [5.41, 5.74) is 1.59. The number of hydrogen-bond acceptors (Lipinski definition) is 4. The summed E-state index contributed by atoms with van der Waals surface area (Å²) in [6.07, 6.45) is 0. The van der Waals surface area contributed by atoms with Crippen molar-refractivity contribution in [1.82, 2.24) is 9.55 Å². The van der Waals surface area contributed by atoms with Crippen molar-refractivity contribution in [2.24, 2.45) is 0 Å². The van der Waals surface area contributed by atoms with Crippen molar-refractivity contribution in [2.45, 2.75) is 40.2 Å². The number of Topliss-reactive ketones (excluding diaryl/α,β-unsaturated/α-hetero) is 1. The molecule has 3 rings (SSSR count). The average Bonchev–Trinajstić information content (AvgIpc) is 2.64. The molecule has 0 radical (unpaired) electrons. The van der Waals surface area contributed by atoms with E-state index < -0.39 is 11.2 Å². The van der Waals surface area contributed by atoms with Crippen LogP contribution in [0.25, 0.3) is 0 Å². The molecule has 0 unspecified atom stereocenters. The molecule has 0 spiro atoms. The van der Waals surface area contributed by atoms with Gasteiger partial charge in [-0.3, -0.25) is 19.1 Å². The zero-order valence-electron chi connectivity index (χ0n) is 17.0. The van der Waals surface area contributed by atoms with E-state index in [1.54, 1.807) is 30.3 Å². The molecule has 2 aromatic carbocycles. The smallest absolute Gasteiger partial charge is 0.331 e. The van der Waals surface area contributed by atoms with Gasteiger partial charge in [-0.1, -0.05) is 50.2 Å². The predicted octanol–water partition coefficient (Wildman–Crippen LogP) is 3.95. The predicted molar refractivity (Wildman–Crippen MR) is 112 cm³/mol. The van der Waals surface area contributed by atoms with Crippen LogP contribution in [0.2, 0.25) is 0 Å². The Morgan fingerprint density at radius 2 is 1.66 bits per heavy atom. The number of benzene rings is 2. The van der Waals surface area contributed by atoms with Crippen LogP contribution in [0.5, 0.6) is 11.6 Å². The number of carbonyl (C=O) groups excluding carboxylic acids is 1. The SMILES string of the molecule is Cc1cc(C)cc(Oc2[nH]c(=O)n(CC(=O)c3ccccc3)c(=O)c2C(C)C)c1. The van der Waals surface area contributed by atoms with E-state index in [0.29, 0.717) is 16.9 Å². The van der Waals surface area contributed by atoms with Crippen LogP contribution < -0.4 is 16.0 Å². The van der Waals surface area contributed by atoms with E-state index in [-0.39, 0.29) is 24.1 Å². The second-order valence-electron chi connectivity index (χ2n) is 7.43. The normalized spacial score (nSPS) is 10.9. The van der Waals surface area contributed by atoms with Crippen molar-refractivity contribution in [2.75, 3.05) is 0 Å². The van der Waals surface area contributed by atoms with Gasteiger partial charge in [0.2, 0.25) is 5.88 Å². The first kappa shape index (κ1) is 20.3. The number of aryl methyl sites for hydroxylation is 2. The third-order valence-corrected chi connectivity index (χ3v) is 4.58. The highest BCUT2D eigenvalue weighted by Gasteiger charge is 2.20. The molecule has 6 nitrogen and oxygen atoms in total. The summed E-state index contributed by atoms with van der Waals surface area (Å²) in [5.74, 6) is 0.134. The zero-order chi connectivity index (χ0) is 21.1. The number of ketones is 1. The minimum atomic E-state index is -0.678. The van der Waals surface area contributed by atoms with Crippen molar-refractivity contribution in [1.29, 1.82) is 0 Å². The van der Waals surface area contributed by atoms with E-state index in [9.17, 15) is 14.4 Å². The first-order valence-electron chi connectivity index (χ1n) is 9.47. The van der Waals surface area contributed by atoms with Crippen LogP contribution in [0.3, 0.4) is 0 Å². The van der Waals surface area contributed by atoms with E-state index in [2.05, 4.69) is 4.98 Å². The molecule has 3 aromatic rings. The molecule has 0 fully saturated rings. The van der Waals surface area contributed by atoms with Gasteiger partial charge in [0.25, 0.3) is 5.56 Å². The molecular weight excluding hydrogens is 368 g/mol. The standard InChI is InChI=1S/C23H24N2O4/c1-14(2)20-21(29-18-11-15(3)10-16(4)12-18)24-23(28)25(22(20)27)13-19(26)17-8-6-5-7-9-17/h5-12,14H,13H2,1-4H3,(H,24,28). The molecule has 1 heterocycles. The van der Waals surface area contributed by atoms with Gasteiger partial charge in [-0.25, -0.2) is 4.79 Å². The van der Waals surface area contributed by atoms with Crippen LogP contribution in [-0.4, -0.2) is 15.3 Å². The molecule has 0 atom stereocenters. The first-order chi connectivity index (χ1) is 13.8. The monoisotopic (exact) mass is 392 g/mol. The number of nitrogens with zero attached hydrogens (tertiary/aromatic N) is 1. The molecule has 29 heavy (non-hydrogen) atoms. The molecule has 1 N–H and O–H groups in total. The number of nitrogens with one attached hydrogen (secondary N) is 1. The fourth-order valence-corrected chi connectivity index (χ4v) is 3.27. The van der Waals surface area contributed by atoms with Gasteiger partial charge in [0.1, 0.15) is 5.75 Å². The topological polar surface area (TPSA) is 81.2 Å². The van der Waals surface area contributed by atoms with Crippen LogP contribution in [0.15, 0.2) is 58.1 Å². The second-order valence-corrected chi connectivity index (χ2v) is 7.43. The summed E-state index contributed by atoms with van der Waals surface area (Å²) in [6.45, 7) is 7.24. The molecule has 6 heteroatoms. The summed E-state index contributed by atoms with van der Waals surface area (Å²) in [7, 11) is 0. The summed E-state index contributed by atoms with van der Waals surface area (Å²) in [4.78, 5) is 40.8. The molecule has 0 aliphatic rings. The van der Waals surface area contributed by atoms with Gasteiger partial charge >= 0.3 is 5.69 Å². The number of ether oxygens (including phenoxy) is 1. The van der Waals surface area contributed by atoms with E-state index in [4.69, 9.17) is 4.74 Å². The Hall–Kier alpha value is -3.41. The molecule has 0 amide bonds. The summed E-state index contributed by atoms with van der Waals surface area (Å²) in [6, 6.07) is 14.3. The summed E-state index contributed by atoms with van der Waals surface area (Å²) in [5, 5.41) is 0. The van der Waals surface area contributed by atoms with Gasteiger partial charge in [-0.05, 0) is 43.0 Å². The van der Waals surface area contributed by atoms with Gasteiger partial charge in [0, 0.05) is 5.56 Å². The number of aromatic nitrogens is 2. The molecule has 0 aliphatic carbocycles. The fourth-order valence-electron chi connectivity index (χ4n) is 3.27. The van der Waals surface area contributed by atoms with Crippen molar-refractivity contribution in [3.63, 3.8) is 0 Å². The lowest BCUT2D eigenvalue weighted by Crippen LogP contribution is -2.39. The lowest BCUT2D eigenvalue weighted by molar-refractivity contribution is 0.0968. The molecule has 1 aromatic heterocycles. The van der Waals surface area contributed by atoms with Crippen LogP contribution in [-0.2, 0) is 6.54 Å². The maximum atomic E-state index is 13.1. The number of aromatic amines is 1. The van der Waals surface area contributed by atoms with E-state index in [1.165, 1.54) is 0 Å². The molecule has 0 bridgehead atoms. The lowest BCUT2D eigenvalue weighted by Gasteiger charge is -2.15. The minimum Gasteiger partial charge on any atom is -0.440 e. The largest absolute Gasteiger partial charge is 0.440 e. The summed E-state index contributed by atoms with van der Waals surface area (Å²) >= 11 is 0. The van der Waals surface area contributed by atoms with Crippen LogP contribution >= 0.6 is 0 Å². The Balaban J connectivity index is 2.03. The number of carbonyl (C=O) groups is 1. The average molecular weight is 392 g/mol. The highest BCUT2D eigenvalue weighted by molar-refractivity contribution is 5.95. The van der Waals surface area contributed by atoms with Crippen LogP contribution in [0, 0.1) is 13.8 Å². The molecule has 0 aliphatic heterocycles. The quantitative estimate of drug-likeness (QED) is 0.644. The van der Waals surface area contributed by atoms with E-state index >= 15 is 0 Å². The zero-order valence-corrected chi connectivity index (χ0v) is 17.0. The van der Waals surface area contributed by atoms with Gasteiger partial charge in [-0.15, -0.1) is 0 Å². The van der Waals surface area contributed by atoms with Gasteiger partial charge < -0.3 is 4.74 Å². The minimum absolute atomic E-state index is 0.114. The second kappa shape index (κ2) is 8.31. The van der Waals surface area contributed by atoms with Crippen molar-refractivity contribution >= 4 is 5.78 Å². The Kier molecular flexibility index (Phi) is 5.82. The van der Waals surface area contributed by atoms with Crippen LogP contribution in [0.4, 0.5) is 0 Å². The molecular formula is C23H24N2O4. The van der Waals surface area contributed by atoms with E-state index in [0.717, 1.165) is 15.7 Å². The van der Waals surface area contributed by atoms with Gasteiger partial charge in [-0.2, -0.15) is 0 Å². The van der Waals surface area contributed by atoms with Gasteiger partial charge in [0.05, 0.1) is 12.1 Å². The van der Waals surface area contributed by atoms with Crippen molar-refractivity contribution in [3.05, 3.63) is 91.6 Å². The Morgan fingerprint density at radius 3 is 2.24 bits per heavy atom. The maximum absolute atomic E-state index is 13.1. The fraction of sp³-hybridized carbons (Fsp3) is 0.261. The third-order valence-electron chi connectivity index (χ3n) is 4.58. The molecule has 0 saturated carbocycles. The number of hydrogen-bond donors (Lipinski definition) is 1. The number of rotatable bonds is 6. The Labute approximate surface area is 168 Å². The van der Waals surface area contributed by atoms with Gasteiger partial charge in [0.15, 0.2) is 5.78 Å². The third kappa shape index (κ3) is 4.54. The highest BCUT2D eigenvalue weighted by atomic mass is 16.5. The van der Waals surface area contributed by atoms with Crippen molar-refractivity contribution < 1.29 is 9.53 Å². The Morgan fingerprint density at radius 1 is 1.03 bits per heavy atom. The lowest BCUT2D eigenvalue weighted by atomic mass is 10.1. The van der Waals surface area contributed by atoms with Crippen LogP contribution in [0.1, 0.15) is 46.8 Å². The van der Waals surface area contributed by atoms with E-state index in [1.807, 2.05) is 45.9 Å². The highest BCUT2D eigenvalue weighted by Crippen LogP contribution is 2.26. The Bertz CT molecular complexity index is 1140.